The molecular weight excluding hydrogens is 302 g/mol. The van der Waals surface area contributed by atoms with Crippen LogP contribution in [0.3, 0.4) is 0 Å². The fourth-order valence-corrected chi connectivity index (χ4v) is 3.94. The van der Waals surface area contributed by atoms with Crippen LogP contribution in [0.4, 0.5) is 14.5 Å². The number of nitrogens with two attached hydrogens (primary N) is 1. The quantitative estimate of drug-likeness (QED) is 0.839. The van der Waals surface area contributed by atoms with Crippen molar-refractivity contribution in [3.05, 3.63) is 23.8 Å². The zero-order valence-electron chi connectivity index (χ0n) is 11.7. The standard InChI is InChI=1S/C13H18F2N2O3S/c1-2-17(8-10-4-3-5-20-10)21(18,19)13-11(14)6-9(16)7-12(13)15/h6-7,10H,2-5,8,16H2,1H3. The molecule has 2 N–H and O–H groups in total. The van der Waals surface area contributed by atoms with Crippen LogP contribution in [-0.2, 0) is 14.8 Å². The van der Waals surface area contributed by atoms with Crippen LogP contribution in [-0.4, -0.2) is 38.5 Å². The van der Waals surface area contributed by atoms with E-state index in [1.54, 1.807) is 6.92 Å². The van der Waals surface area contributed by atoms with Gasteiger partial charge in [0.1, 0.15) is 11.6 Å². The number of hydrogen-bond acceptors (Lipinski definition) is 4. The highest BCUT2D eigenvalue weighted by Gasteiger charge is 2.32. The minimum atomic E-state index is -4.27. The summed E-state index contributed by atoms with van der Waals surface area (Å²) in [5.41, 5.74) is 5.14. The predicted octanol–water partition coefficient (Wildman–Crippen LogP) is 1.74. The van der Waals surface area contributed by atoms with Crippen molar-refractivity contribution in [3.63, 3.8) is 0 Å². The van der Waals surface area contributed by atoms with Gasteiger partial charge in [0, 0.05) is 25.4 Å². The molecule has 2 rings (SSSR count). The highest BCUT2D eigenvalue weighted by Crippen LogP contribution is 2.26. The Morgan fingerprint density at radius 1 is 1.38 bits per heavy atom. The summed E-state index contributed by atoms with van der Waals surface area (Å²) in [6.45, 7) is 2.38. The number of halogens is 2. The van der Waals surface area contributed by atoms with E-state index in [9.17, 15) is 17.2 Å². The molecule has 1 unspecified atom stereocenters. The van der Waals surface area contributed by atoms with E-state index < -0.39 is 26.6 Å². The zero-order valence-corrected chi connectivity index (χ0v) is 12.5. The molecule has 1 aliphatic heterocycles. The first-order valence-corrected chi connectivity index (χ1v) is 8.16. The lowest BCUT2D eigenvalue weighted by Gasteiger charge is -2.23. The normalized spacial score (nSPS) is 19.3. The number of sulfonamides is 1. The number of anilines is 1. The molecule has 8 heteroatoms. The maximum Gasteiger partial charge on any atom is 0.249 e. The van der Waals surface area contributed by atoms with Gasteiger partial charge in [0.25, 0.3) is 0 Å². The number of ether oxygens (including phenoxy) is 1. The van der Waals surface area contributed by atoms with Crippen LogP contribution in [0.15, 0.2) is 17.0 Å². The Morgan fingerprint density at radius 2 is 2.00 bits per heavy atom. The van der Waals surface area contributed by atoms with E-state index in [0.29, 0.717) is 6.61 Å². The Hall–Kier alpha value is -1.25. The second-order valence-electron chi connectivity index (χ2n) is 4.90. The van der Waals surface area contributed by atoms with Crippen molar-refractivity contribution in [2.75, 3.05) is 25.4 Å². The molecule has 1 heterocycles. The highest BCUT2D eigenvalue weighted by molar-refractivity contribution is 7.89. The summed E-state index contributed by atoms with van der Waals surface area (Å²) in [5.74, 6) is -2.36. The maximum atomic E-state index is 13.9. The number of nitrogen functional groups attached to an aromatic ring is 1. The van der Waals surface area contributed by atoms with Gasteiger partial charge < -0.3 is 10.5 Å². The Labute approximate surface area is 122 Å². The summed E-state index contributed by atoms with van der Waals surface area (Å²) in [5, 5.41) is 0. The number of likely N-dealkylation sites (N-methyl/N-ethyl adjacent to an activating group) is 1. The summed E-state index contributed by atoms with van der Waals surface area (Å²) in [7, 11) is -4.27. The fraction of sp³-hybridized carbons (Fsp3) is 0.538. The van der Waals surface area contributed by atoms with Crippen molar-refractivity contribution in [2.24, 2.45) is 0 Å². The molecular formula is C13H18F2N2O3S. The van der Waals surface area contributed by atoms with Crippen LogP contribution in [0.5, 0.6) is 0 Å². The lowest BCUT2D eigenvalue weighted by atomic mass is 10.2. The third kappa shape index (κ3) is 3.33. The largest absolute Gasteiger partial charge is 0.399 e. The molecule has 5 nitrogen and oxygen atoms in total. The molecule has 1 fully saturated rings. The minimum Gasteiger partial charge on any atom is -0.399 e. The average Bonchev–Trinajstić information content (AvgIpc) is 2.86. The Morgan fingerprint density at radius 3 is 2.48 bits per heavy atom. The molecule has 1 aliphatic rings. The molecule has 0 bridgehead atoms. The van der Waals surface area contributed by atoms with Gasteiger partial charge in [-0.05, 0) is 25.0 Å². The minimum absolute atomic E-state index is 0.0854. The van der Waals surface area contributed by atoms with Gasteiger partial charge in [-0.1, -0.05) is 6.92 Å². The molecule has 1 atom stereocenters. The van der Waals surface area contributed by atoms with Gasteiger partial charge in [-0.15, -0.1) is 0 Å². The Kier molecular flexibility index (Phi) is 4.80. The number of hydrogen-bond donors (Lipinski definition) is 1. The van der Waals surface area contributed by atoms with Gasteiger partial charge in [-0.25, -0.2) is 17.2 Å². The van der Waals surface area contributed by atoms with Crippen LogP contribution in [0.1, 0.15) is 19.8 Å². The molecule has 1 saturated heterocycles. The molecule has 0 saturated carbocycles. The van der Waals surface area contributed by atoms with Gasteiger partial charge in [0.2, 0.25) is 10.0 Å². The predicted molar refractivity (Wildman–Crippen MR) is 74.2 cm³/mol. The van der Waals surface area contributed by atoms with Gasteiger partial charge >= 0.3 is 0 Å². The fourth-order valence-electron chi connectivity index (χ4n) is 2.37. The number of nitrogens with zero attached hydrogens (tertiary/aromatic N) is 1. The van der Waals surface area contributed by atoms with Crippen LogP contribution < -0.4 is 5.73 Å². The molecule has 0 aliphatic carbocycles. The van der Waals surface area contributed by atoms with Crippen LogP contribution in [0.25, 0.3) is 0 Å². The molecule has 118 valence electrons. The third-order valence-corrected chi connectivity index (χ3v) is 5.40. The first kappa shape index (κ1) is 16.1. The van der Waals surface area contributed by atoms with E-state index in [1.165, 1.54) is 0 Å². The molecule has 0 radical (unpaired) electrons. The lowest BCUT2D eigenvalue weighted by molar-refractivity contribution is 0.0945. The molecule has 0 aromatic heterocycles. The lowest BCUT2D eigenvalue weighted by Crippen LogP contribution is -2.38. The van der Waals surface area contributed by atoms with E-state index in [4.69, 9.17) is 10.5 Å². The second-order valence-corrected chi connectivity index (χ2v) is 6.78. The average molecular weight is 320 g/mol. The van der Waals surface area contributed by atoms with Gasteiger partial charge in [-0.2, -0.15) is 4.31 Å². The molecule has 21 heavy (non-hydrogen) atoms. The van der Waals surface area contributed by atoms with E-state index in [2.05, 4.69) is 0 Å². The topological polar surface area (TPSA) is 72.6 Å². The Balaban J connectivity index is 2.35. The number of rotatable bonds is 5. The van der Waals surface area contributed by atoms with Crippen molar-refractivity contribution >= 4 is 15.7 Å². The summed E-state index contributed by atoms with van der Waals surface area (Å²) < 4.78 is 59.0. The van der Waals surface area contributed by atoms with Gasteiger partial charge in [0.05, 0.1) is 6.10 Å². The summed E-state index contributed by atoms with van der Waals surface area (Å²) in [6, 6.07) is 1.60. The maximum absolute atomic E-state index is 13.9. The van der Waals surface area contributed by atoms with Crippen LogP contribution in [0.2, 0.25) is 0 Å². The smallest absolute Gasteiger partial charge is 0.249 e. The summed E-state index contributed by atoms with van der Waals surface area (Å²) in [4.78, 5) is -0.962. The van der Waals surface area contributed by atoms with Gasteiger partial charge in [-0.3, -0.25) is 0 Å². The van der Waals surface area contributed by atoms with Crippen LogP contribution in [0, 0.1) is 11.6 Å². The number of benzene rings is 1. The van der Waals surface area contributed by atoms with Crippen molar-refractivity contribution in [1.29, 1.82) is 0 Å². The monoisotopic (exact) mass is 320 g/mol. The van der Waals surface area contributed by atoms with E-state index in [1.807, 2.05) is 0 Å². The zero-order chi connectivity index (χ0) is 15.6. The van der Waals surface area contributed by atoms with Gasteiger partial charge in [0.15, 0.2) is 4.90 Å². The van der Waals surface area contributed by atoms with E-state index in [0.717, 1.165) is 29.3 Å². The second kappa shape index (κ2) is 6.25. The third-order valence-electron chi connectivity index (χ3n) is 3.40. The molecule has 1 aromatic carbocycles. The highest BCUT2D eigenvalue weighted by atomic mass is 32.2. The van der Waals surface area contributed by atoms with Crippen LogP contribution >= 0.6 is 0 Å². The SMILES string of the molecule is CCN(CC1CCCO1)S(=O)(=O)c1c(F)cc(N)cc1F. The summed E-state index contributed by atoms with van der Waals surface area (Å²) >= 11 is 0. The first-order valence-electron chi connectivity index (χ1n) is 6.72. The van der Waals surface area contributed by atoms with Crippen molar-refractivity contribution in [2.45, 2.75) is 30.8 Å². The molecule has 0 spiro atoms. The Bertz CT molecular complexity index is 593. The molecule has 1 aromatic rings. The van der Waals surface area contributed by atoms with Crippen molar-refractivity contribution in [3.8, 4) is 0 Å². The van der Waals surface area contributed by atoms with Crippen molar-refractivity contribution in [1.82, 2.24) is 4.31 Å². The van der Waals surface area contributed by atoms with E-state index >= 15 is 0 Å². The van der Waals surface area contributed by atoms with E-state index in [-0.39, 0.29) is 24.9 Å². The molecule has 0 amide bonds. The summed E-state index contributed by atoms with van der Waals surface area (Å²) in [6.07, 6.45) is 1.35. The van der Waals surface area contributed by atoms with Crippen molar-refractivity contribution < 1.29 is 21.9 Å². The first-order chi connectivity index (χ1) is 9.86.